The number of anilines is 1. The van der Waals surface area contributed by atoms with E-state index in [-0.39, 0.29) is 5.82 Å². The largest absolute Gasteiger partial charge is 0.479 e. The van der Waals surface area contributed by atoms with Crippen LogP contribution < -0.4 is 5.32 Å². The first-order valence-corrected chi connectivity index (χ1v) is 5.20. The Morgan fingerprint density at radius 3 is 2.47 bits per heavy atom. The molecule has 2 N–H and O–H groups in total. The van der Waals surface area contributed by atoms with Gasteiger partial charge in [0.25, 0.3) is 0 Å². The summed E-state index contributed by atoms with van der Waals surface area (Å²) in [7, 11) is 0. The molecule has 6 nitrogen and oxygen atoms in total. The average Bonchev–Trinajstić information content (AvgIpc) is 2.28. The molecule has 1 unspecified atom stereocenters. The summed E-state index contributed by atoms with van der Waals surface area (Å²) >= 11 is 3.72. The van der Waals surface area contributed by atoms with Gasteiger partial charge in [0.05, 0.1) is 5.56 Å². The van der Waals surface area contributed by atoms with Crippen LogP contribution >= 0.6 is 12.6 Å². The van der Waals surface area contributed by atoms with E-state index in [1.54, 1.807) is 0 Å². The number of pyridine rings is 1. The van der Waals surface area contributed by atoms with Crippen LogP contribution in [0.2, 0.25) is 0 Å². The van der Waals surface area contributed by atoms with Crippen LogP contribution in [0.1, 0.15) is 5.56 Å². The van der Waals surface area contributed by atoms with Crippen LogP contribution in [0, 0.1) is 4.91 Å². The summed E-state index contributed by atoms with van der Waals surface area (Å²) in [5.74, 6) is -1.67. The normalized spacial score (nSPS) is 14.5. The number of carbonyl (C=O) groups is 1. The second kappa shape index (κ2) is 5.43. The number of aliphatic carboxylic acids is 1. The van der Waals surface area contributed by atoms with Gasteiger partial charge in [-0.3, -0.25) is 0 Å². The number of rotatable bonds is 5. The minimum absolute atomic E-state index is 0.172. The third kappa shape index (κ3) is 3.81. The standard InChI is InChI=1S/C9H8F3N3O3S/c10-9(11,12)5-1-2-6(13-3-5)15-8(19,4-14-18)7(16)17/h1-3,19H,4H2,(H,13,15)(H,16,17). The Morgan fingerprint density at radius 1 is 1.47 bits per heavy atom. The van der Waals surface area contributed by atoms with E-state index >= 15 is 0 Å². The zero-order valence-corrected chi connectivity index (χ0v) is 10.1. The highest BCUT2D eigenvalue weighted by Gasteiger charge is 2.36. The minimum Gasteiger partial charge on any atom is -0.479 e. The highest BCUT2D eigenvalue weighted by molar-refractivity contribution is 7.82. The number of hydrogen-bond donors (Lipinski definition) is 3. The molecule has 1 aromatic heterocycles. The summed E-state index contributed by atoms with van der Waals surface area (Å²) in [4.78, 5) is 22.4. The third-order valence-electron chi connectivity index (χ3n) is 2.07. The fraction of sp³-hybridized carbons (Fsp3) is 0.333. The number of hydrogen-bond acceptors (Lipinski definition) is 6. The van der Waals surface area contributed by atoms with E-state index in [0.29, 0.717) is 6.20 Å². The van der Waals surface area contributed by atoms with Gasteiger partial charge in [-0.2, -0.15) is 18.1 Å². The van der Waals surface area contributed by atoms with Crippen LogP contribution in [-0.4, -0.2) is 27.5 Å². The van der Waals surface area contributed by atoms with Crippen LogP contribution in [0.15, 0.2) is 23.5 Å². The molecule has 10 heteroatoms. The maximum Gasteiger partial charge on any atom is 0.417 e. The van der Waals surface area contributed by atoms with Crippen LogP contribution in [0.25, 0.3) is 0 Å². The molecule has 0 saturated heterocycles. The first kappa shape index (κ1) is 15.2. The lowest BCUT2D eigenvalue weighted by molar-refractivity contribution is -0.139. The summed E-state index contributed by atoms with van der Waals surface area (Å²) in [5, 5.41) is 13.5. The second-order valence-electron chi connectivity index (χ2n) is 3.51. The van der Waals surface area contributed by atoms with Gasteiger partial charge in [-0.1, -0.05) is 5.18 Å². The molecule has 1 rings (SSSR count). The van der Waals surface area contributed by atoms with Crippen molar-refractivity contribution in [3.8, 4) is 0 Å². The van der Waals surface area contributed by atoms with Gasteiger partial charge in [-0.25, -0.2) is 9.78 Å². The monoisotopic (exact) mass is 295 g/mol. The number of aromatic nitrogens is 1. The SMILES string of the molecule is O=NCC(S)(Nc1ccc(C(F)(F)F)cn1)C(=O)O. The molecule has 1 atom stereocenters. The Hall–Kier alpha value is -1.84. The third-order valence-corrected chi connectivity index (χ3v) is 2.52. The predicted octanol–water partition coefficient (Wildman–Crippen LogP) is 1.99. The average molecular weight is 295 g/mol. The molecule has 1 aromatic rings. The fourth-order valence-corrected chi connectivity index (χ4v) is 1.27. The fourth-order valence-electron chi connectivity index (χ4n) is 1.10. The molecule has 0 bridgehead atoms. The summed E-state index contributed by atoms with van der Waals surface area (Å²) in [6.45, 7) is -0.728. The minimum atomic E-state index is -4.54. The predicted molar refractivity (Wildman–Crippen MR) is 62.9 cm³/mol. The van der Waals surface area contributed by atoms with E-state index in [1.165, 1.54) is 0 Å². The maximum atomic E-state index is 12.3. The van der Waals surface area contributed by atoms with Crippen molar-refractivity contribution >= 4 is 24.4 Å². The van der Waals surface area contributed by atoms with Crippen molar-refractivity contribution in [2.75, 3.05) is 11.9 Å². The van der Waals surface area contributed by atoms with Gasteiger partial charge in [0.1, 0.15) is 12.4 Å². The van der Waals surface area contributed by atoms with Crippen LogP contribution in [0.5, 0.6) is 0 Å². The van der Waals surface area contributed by atoms with E-state index in [9.17, 15) is 22.9 Å². The molecule has 0 aliphatic carbocycles. The van der Waals surface area contributed by atoms with Gasteiger partial charge in [0.2, 0.25) is 4.87 Å². The van der Waals surface area contributed by atoms with Gasteiger partial charge >= 0.3 is 12.1 Å². The zero-order chi connectivity index (χ0) is 14.7. The molecule has 1 heterocycles. The van der Waals surface area contributed by atoms with Crippen molar-refractivity contribution in [1.29, 1.82) is 0 Å². The van der Waals surface area contributed by atoms with Gasteiger partial charge in [-0.05, 0) is 12.1 Å². The summed E-state index contributed by atoms with van der Waals surface area (Å²) in [6.07, 6.45) is -4.01. The molecule has 104 valence electrons. The smallest absolute Gasteiger partial charge is 0.417 e. The van der Waals surface area contributed by atoms with E-state index in [1.807, 2.05) is 0 Å². The molecule has 0 aliphatic rings. The number of nitrogens with one attached hydrogen (secondary N) is 1. The van der Waals surface area contributed by atoms with E-state index in [0.717, 1.165) is 12.1 Å². The molecule has 0 saturated carbocycles. The Labute approximate surface area is 110 Å². The molecule has 0 fully saturated rings. The number of thiol groups is 1. The highest BCUT2D eigenvalue weighted by atomic mass is 32.1. The second-order valence-corrected chi connectivity index (χ2v) is 4.27. The molecular formula is C9H8F3N3O3S. The van der Waals surface area contributed by atoms with Crippen LogP contribution in [0.4, 0.5) is 19.0 Å². The van der Waals surface area contributed by atoms with Crippen molar-refractivity contribution in [2.24, 2.45) is 5.18 Å². The first-order chi connectivity index (χ1) is 8.69. The van der Waals surface area contributed by atoms with Crippen LogP contribution in [0.3, 0.4) is 0 Å². The molecule has 0 amide bonds. The number of alkyl halides is 3. The Kier molecular flexibility index (Phi) is 4.35. The number of nitrogens with zero attached hydrogens (tertiary/aromatic N) is 2. The van der Waals surface area contributed by atoms with Crippen molar-refractivity contribution < 1.29 is 23.1 Å². The van der Waals surface area contributed by atoms with Gasteiger partial charge in [-0.15, -0.1) is 12.6 Å². The maximum absolute atomic E-state index is 12.3. The topological polar surface area (TPSA) is 91.7 Å². The summed E-state index contributed by atoms with van der Waals surface area (Å²) in [5.41, 5.74) is -0.980. The lowest BCUT2D eigenvalue weighted by Crippen LogP contribution is -2.44. The van der Waals surface area contributed by atoms with Crippen molar-refractivity contribution in [1.82, 2.24) is 4.98 Å². The number of carboxylic acid groups (broad SMARTS) is 1. The van der Waals surface area contributed by atoms with Gasteiger partial charge < -0.3 is 10.4 Å². The molecule has 0 radical (unpaired) electrons. The Balaban J connectivity index is 2.93. The van der Waals surface area contributed by atoms with Crippen LogP contribution in [-0.2, 0) is 11.0 Å². The summed E-state index contributed by atoms with van der Waals surface area (Å²) in [6, 6.07) is 1.65. The number of halogens is 3. The molecular weight excluding hydrogens is 287 g/mol. The lowest BCUT2D eigenvalue weighted by atomic mass is 10.2. The summed E-state index contributed by atoms with van der Waals surface area (Å²) < 4.78 is 36.8. The number of nitroso groups, excluding NO2 is 1. The molecule has 0 aliphatic heterocycles. The molecule has 0 spiro atoms. The van der Waals surface area contributed by atoms with Crippen molar-refractivity contribution in [3.05, 3.63) is 28.8 Å². The van der Waals surface area contributed by atoms with E-state index < -0.39 is 29.1 Å². The van der Waals surface area contributed by atoms with E-state index in [4.69, 9.17) is 5.11 Å². The quantitative estimate of drug-likeness (QED) is 0.439. The molecule has 19 heavy (non-hydrogen) atoms. The van der Waals surface area contributed by atoms with Gasteiger partial charge in [0, 0.05) is 6.20 Å². The first-order valence-electron chi connectivity index (χ1n) is 4.75. The Morgan fingerprint density at radius 2 is 2.11 bits per heavy atom. The van der Waals surface area contributed by atoms with Crippen molar-refractivity contribution in [3.63, 3.8) is 0 Å². The zero-order valence-electron chi connectivity index (χ0n) is 9.18. The van der Waals surface area contributed by atoms with E-state index in [2.05, 4.69) is 28.1 Å². The van der Waals surface area contributed by atoms with Gasteiger partial charge in [0.15, 0.2) is 0 Å². The lowest BCUT2D eigenvalue weighted by Gasteiger charge is -2.22. The highest BCUT2D eigenvalue weighted by Crippen LogP contribution is 2.29. The molecule has 0 aromatic carbocycles. The Bertz CT molecular complexity index is 480. The van der Waals surface area contributed by atoms with Crippen molar-refractivity contribution in [2.45, 2.75) is 11.0 Å². The number of carboxylic acids is 1.